The molecule has 5 nitrogen and oxygen atoms in total. The van der Waals surface area contributed by atoms with E-state index >= 15 is 0 Å². The Labute approximate surface area is 158 Å². The monoisotopic (exact) mass is 370 g/mol. The van der Waals surface area contributed by atoms with Crippen molar-refractivity contribution in [2.24, 2.45) is 0 Å². The summed E-state index contributed by atoms with van der Waals surface area (Å²) >= 11 is 1.86. The minimum atomic E-state index is 0.0155. The van der Waals surface area contributed by atoms with Crippen molar-refractivity contribution in [3.63, 3.8) is 0 Å². The van der Waals surface area contributed by atoms with Crippen LogP contribution in [-0.4, -0.2) is 39.4 Å². The van der Waals surface area contributed by atoms with Crippen LogP contribution in [0.4, 0.5) is 0 Å². The number of piperidine rings is 2. The maximum atomic E-state index is 12.2. The molecule has 4 aliphatic rings. The van der Waals surface area contributed by atoms with Crippen LogP contribution >= 0.6 is 11.3 Å². The fourth-order valence-electron chi connectivity index (χ4n) is 4.95. The molecule has 1 saturated carbocycles. The molecule has 0 aromatic carbocycles. The molecule has 3 aliphatic heterocycles. The molecule has 5 heterocycles. The summed E-state index contributed by atoms with van der Waals surface area (Å²) in [5, 5.41) is 4.33. The lowest BCUT2D eigenvalue weighted by molar-refractivity contribution is -0.134. The van der Waals surface area contributed by atoms with Crippen LogP contribution in [0.2, 0.25) is 0 Å². The van der Waals surface area contributed by atoms with Gasteiger partial charge in [0.1, 0.15) is 10.7 Å². The van der Waals surface area contributed by atoms with Crippen LogP contribution in [0.25, 0.3) is 10.2 Å². The highest BCUT2D eigenvalue weighted by molar-refractivity contribution is 7.18. The van der Waals surface area contributed by atoms with E-state index in [-0.39, 0.29) is 11.9 Å². The Bertz CT molecular complexity index is 842. The van der Waals surface area contributed by atoms with Crippen LogP contribution in [0.1, 0.15) is 67.3 Å². The molecule has 0 radical (unpaired) electrons. The van der Waals surface area contributed by atoms with E-state index in [4.69, 9.17) is 9.97 Å². The maximum Gasteiger partial charge on any atom is 0.237 e. The number of aryl methyl sites for hydroxylation is 1. The smallest absolute Gasteiger partial charge is 0.237 e. The summed E-state index contributed by atoms with van der Waals surface area (Å²) in [6.45, 7) is 3.69. The molecule has 1 amide bonds. The molecule has 1 N–H and O–H groups in total. The molecule has 2 aromatic heterocycles. The molecule has 2 bridgehead atoms. The van der Waals surface area contributed by atoms with Gasteiger partial charge in [0.15, 0.2) is 0 Å². The van der Waals surface area contributed by atoms with Gasteiger partial charge in [-0.1, -0.05) is 19.3 Å². The predicted octanol–water partition coefficient (Wildman–Crippen LogP) is 3.51. The summed E-state index contributed by atoms with van der Waals surface area (Å²) in [4.78, 5) is 26.7. The van der Waals surface area contributed by atoms with Gasteiger partial charge in [-0.3, -0.25) is 9.69 Å². The van der Waals surface area contributed by atoms with Gasteiger partial charge < -0.3 is 5.32 Å². The number of nitrogens with zero attached hydrogens (tertiary/aromatic N) is 3. The summed E-state index contributed by atoms with van der Waals surface area (Å²) in [5.41, 5.74) is 1.10. The van der Waals surface area contributed by atoms with Crippen molar-refractivity contribution in [2.75, 3.05) is 6.54 Å². The second-order valence-electron chi connectivity index (χ2n) is 8.15. The molecule has 26 heavy (non-hydrogen) atoms. The third kappa shape index (κ3) is 2.93. The second kappa shape index (κ2) is 6.57. The highest BCUT2D eigenvalue weighted by Gasteiger charge is 2.39. The van der Waals surface area contributed by atoms with E-state index in [1.54, 1.807) is 0 Å². The molecule has 1 aliphatic carbocycles. The van der Waals surface area contributed by atoms with E-state index in [1.807, 2.05) is 18.3 Å². The lowest BCUT2D eigenvalue weighted by atomic mass is 9.88. The molecule has 138 valence electrons. The van der Waals surface area contributed by atoms with Gasteiger partial charge in [0.05, 0.1) is 11.7 Å². The largest absolute Gasteiger partial charge is 0.351 e. The molecule has 2 aromatic rings. The Kier molecular flexibility index (Phi) is 4.20. The zero-order chi connectivity index (χ0) is 17.7. The molecule has 6 rings (SSSR count). The fraction of sp³-hybridized carbons (Fsp3) is 0.650. The Morgan fingerprint density at radius 3 is 2.81 bits per heavy atom. The second-order valence-corrected chi connectivity index (χ2v) is 9.21. The number of nitrogens with one attached hydrogen (secondary N) is 1. The van der Waals surface area contributed by atoms with Crippen LogP contribution in [0, 0.1) is 6.92 Å². The number of rotatable bonds is 3. The van der Waals surface area contributed by atoms with Crippen molar-refractivity contribution < 1.29 is 4.79 Å². The number of carbonyl (C=O) groups excluding carboxylic acids is 1. The fourth-order valence-corrected chi connectivity index (χ4v) is 6.22. The van der Waals surface area contributed by atoms with Gasteiger partial charge in [0.25, 0.3) is 0 Å². The highest BCUT2D eigenvalue weighted by atomic mass is 32.1. The third-order valence-electron chi connectivity index (χ3n) is 6.30. The van der Waals surface area contributed by atoms with Gasteiger partial charge >= 0.3 is 0 Å². The third-order valence-corrected chi connectivity index (χ3v) is 7.49. The SMILES string of the molecule is Cc1nc(CN2CC3CCC2C(=O)N3)c2cc(C3CCCCC3)sc2n1. The number of aromatic nitrogens is 2. The lowest BCUT2D eigenvalue weighted by Gasteiger charge is -2.44. The van der Waals surface area contributed by atoms with E-state index < -0.39 is 0 Å². The van der Waals surface area contributed by atoms with Crippen LogP contribution in [0.15, 0.2) is 6.07 Å². The quantitative estimate of drug-likeness (QED) is 0.898. The molecule has 3 saturated heterocycles. The van der Waals surface area contributed by atoms with Crippen LogP contribution in [0.5, 0.6) is 0 Å². The number of hydrogen-bond donors (Lipinski definition) is 1. The maximum absolute atomic E-state index is 12.2. The highest BCUT2D eigenvalue weighted by Crippen LogP contribution is 2.39. The zero-order valence-electron chi connectivity index (χ0n) is 15.3. The Morgan fingerprint density at radius 2 is 2.04 bits per heavy atom. The van der Waals surface area contributed by atoms with Gasteiger partial charge in [-0.2, -0.15) is 0 Å². The minimum Gasteiger partial charge on any atom is -0.351 e. The van der Waals surface area contributed by atoms with Crippen molar-refractivity contribution in [1.29, 1.82) is 0 Å². The molecule has 2 atom stereocenters. The van der Waals surface area contributed by atoms with Gasteiger partial charge in [-0.25, -0.2) is 9.97 Å². The van der Waals surface area contributed by atoms with Crippen molar-refractivity contribution >= 4 is 27.5 Å². The lowest BCUT2D eigenvalue weighted by Crippen LogP contribution is -2.63. The molecule has 6 heteroatoms. The van der Waals surface area contributed by atoms with Crippen LogP contribution in [0.3, 0.4) is 0 Å². The summed E-state index contributed by atoms with van der Waals surface area (Å²) in [6, 6.07) is 2.68. The van der Waals surface area contributed by atoms with Gasteiger partial charge in [-0.15, -0.1) is 11.3 Å². The average Bonchev–Trinajstić information content (AvgIpc) is 3.07. The molecular weight excluding hydrogens is 344 g/mol. The standard InChI is InChI=1S/C20H26N4OS/c1-12-21-16(11-24-10-14-7-8-17(24)19(25)23-14)15-9-18(26-20(15)22-12)13-5-3-2-4-6-13/h9,13-14,17H,2-8,10-11H2,1H3,(H,23,25). The predicted molar refractivity (Wildman–Crippen MR) is 103 cm³/mol. The number of thiophene rings is 1. The first kappa shape index (κ1) is 16.6. The van der Waals surface area contributed by atoms with E-state index in [0.29, 0.717) is 12.0 Å². The van der Waals surface area contributed by atoms with Crippen molar-refractivity contribution in [2.45, 2.75) is 76.4 Å². The molecule has 4 fully saturated rings. The first-order chi connectivity index (χ1) is 12.7. The van der Waals surface area contributed by atoms with E-state index in [2.05, 4.69) is 16.3 Å². The molecular formula is C20H26N4OS. The Balaban J connectivity index is 1.47. The number of piperazine rings is 1. The van der Waals surface area contributed by atoms with Gasteiger partial charge in [0.2, 0.25) is 5.91 Å². The minimum absolute atomic E-state index is 0.0155. The van der Waals surface area contributed by atoms with Gasteiger partial charge in [0, 0.05) is 29.4 Å². The number of hydrogen-bond acceptors (Lipinski definition) is 5. The van der Waals surface area contributed by atoms with E-state index in [9.17, 15) is 4.79 Å². The van der Waals surface area contributed by atoms with Crippen molar-refractivity contribution in [1.82, 2.24) is 20.2 Å². The number of carbonyl (C=O) groups is 1. The summed E-state index contributed by atoms with van der Waals surface area (Å²) in [7, 11) is 0. The topological polar surface area (TPSA) is 58.1 Å². The first-order valence-electron chi connectivity index (χ1n) is 9.99. The van der Waals surface area contributed by atoms with E-state index in [1.165, 1.54) is 42.4 Å². The molecule has 2 unspecified atom stereocenters. The van der Waals surface area contributed by atoms with Crippen LogP contribution in [-0.2, 0) is 11.3 Å². The average molecular weight is 371 g/mol. The molecule has 0 spiro atoms. The van der Waals surface area contributed by atoms with Crippen LogP contribution < -0.4 is 5.32 Å². The summed E-state index contributed by atoms with van der Waals surface area (Å²) < 4.78 is 0. The summed E-state index contributed by atoms with van der Waals surface area (Å²) in [6.07, 6.45) is 8.78. The van der Waals surface area contributed by atoms with Crippen molar-refractivity contribution in [3.05, 3.63) is 22.5 Å². The first-order valence-corrected chi connectivity index (χ1v) is 10.8. The normalized spacial score (nSPS) is 27.2. The van der Waals surface area contributed by atoms with Gasteiger partial charge in [-0.05, 0) is 44.6 Å². The Morgan fingerprint density at radius 1 is 1.19 bits per heavy atom. The Hall–Kier alpha value is -1.53. The summed E-state index contributed by atoms with van der Waals surface area (Å²) in [5.74, 6) is 1.74. The number of fused-ring (bicyclic) bond motifs is 4. The van der Waals surface area contributed by atoms with E-state index in [0.717, 1.165) is 42.3 Å². The number of amides is 1. The zero-order valence-corrected chi connectivity index (χ0v) is 16.1. The van der Waals surface area contributed by atoms with Crippen molar-refractivity contribution in [3.8, 4) is 0 Å².